The van der Waals surface area contributed by atoms with Gasteiger partial charge in [-0.3, -0.25) is 4.79 Å². The average Bonchev–Trinajstić information content (AvgIpc) is 2.56. The van der Waals surface area contributed by atoms with Crippen molar-refractivity contribution >= 4 is 11.9 Å². The first-order valence-corrected chi connectivity index (χ1v) is 7.49. The van der Waals surface area contributed by atoms with Crippen molar-refractivity contribution in [1.82, 2.24) is 5.32 Å². The first kappa shape index (κ1) is 17.5. The number of aliphatic hydroxyl groups is 1. The van der Waals surface area contributed by atoms with Gasteiger partial charge in [-0.1, -0.05) is 42.5 Å². The standard InChI is InChI=1S/C18H19NO5/c20-14-8-6-12(7-9-14)10-15(18(23)24)19-17(22)11-16(21)13-4-2-1-3-5-13/h1-9,15-16,20-21H,10-11H2,(H,19,22)(H,23,24)/t15-,16?/m0/s1. The molecule has 2 rings (SSSR count). The molecule has 0 aliphatic rings. The predicted molar refractivity (Wildman–Crippen MR) is 87.4 cm³/mol. The highest BCUT2D eigenvalue weighted by Crippen LogP contribution is 2.16. The maximum Gasteiger partial charge on any atom is 0.326 e. The van der Waals surface area contributed by atoms with Crippen LogP contribution in [0.3, 0.4) is 0 Å². The van der Waals surface area contributed by atoms with Crippen molar-refractivity contribution < 1.29 is 24.9 Å². The number of hydrogen-bond acceptors (Lipinski definition) is 4. The fraction of sp³-hybridized carbons (Fsp3) is 0.222. The number of carboxylic acid groups (broad SMARTS) is 1. The lowest BCUT2D eigenvalue weighted by Crippen LogP contribution is -2.42. The summed E-state index contributed by atoms with van der Waals surface area (Å²) in [6.07, 6.45) is -1.12. The van der Waals surface area contributed by atoms with Gasteiger partial charge in [-0.25, -0.2) is 4.79 Å². The Bertz CT molecular complexity index is 684. The van der Waals surface area contributed by atoms with E-state index in [0.717, 1.165) is 0 Å². The molecule has 0 aromatic heterocycles. The molecule has 0 aliphatic carbocycles. The highest BCUT2D eigenvalue weighted by Gasteiger charge is 2.22. The van der Waals surface area contributed by atoms with Gasteiger partial charge in [0.15, 0.2) is 0 Å². The van der Waals surface area contributed by atoms with Gasteiger partial charge in [-0.2, -0.15) is 0 Å². The first-order chi connectivity index (χ1) is 11.5. The van der Waals surface area contributed by atoms with Gasteiger partial charge in [0.25, 0.3) is 0 Å². The molecular weight excluding hydrogens is 310 g/mol. The average molecular weight is 329 g/mol. The van der Waals surface area contributed by atoms with Crippen LogP contribution in [0.2, 0.25) is 0 Å². The van der Waals surface area contributed by atoms with Gasteiger partial charge >= 0.3 is 5.97 Å². The molecule has 126 valence electrons. The SMILES string of the molecule is O=C(CC(O)c1ccccc1)N[C@@H](Cc1ccc(O)cc1)C(=O)O. The molecule has 2 aromatic carbocycles. The van der Waals surface area contributed by atoms with E-state index in [0.29, 0.717) is 11.1 Å². The van der Waals surface area contributed by atoms with E-state index in [4.69, 9.17) is 0 Å². The van der Waals surface area contributed by atoms with Gasteiger partial charge in [0, 0.05) is 6.42 Å². The van der Waals surface area contributed by atoms with E-state index in [-0.39, 0.29) is 18.6 Å². The summed E-state index contributed by atoms with van der Waals surface area (Å²) in [5.41, 5.74) is 1.27. The molecule has 4 N–H and O–H groups in total. The molecule has 1 unspecified atom stereocenters. The summed E-state index contributed by atoms with van der Waals surface area (Å²) in [4.78, 5) is 23.3. The van der Waals surface area contributed by atoms with Crippen LogP contribution in [0.25, 0.3) is 0 Å². The highest BCUT2D eigenvalue weighted by atomic mass is 16.4. The smallest absolute Gasteiger partial charge is 0.326 e. The Morgan fingerprint density at radius 2 is 1.62 bits per heavy atom. The van der Waals surface area contributed by atoms with Gasteiger partial charge < -0.3 is 20.6 Å². The number of aromatic hydroxyl groups is 1. The Kier molecular flexibility index (Phi) is 5.92. The number of rotatable bonds is 7. The first-order valence-electron chi connectivity index (χ1n) is 7.49. The van der Waals surface area contributed by atoms with Gasteiger partial charge in [0.1, 0.15) is 11.8 Å². The van der Waals surface area contributed by atoms with Gasteiger partial charge in [0.2, 0.25) is 5.91 Å². The maximum absolute atomic E-state index is 12.0. The molecule has 0 bridgehead atoms. The summed E-state index contributed by atoms with van der Waals surface area (Å²) in [6.45, 7) is 0. The number of carbonyl (C=O) groups is 2. The number of aliphatic carboxylic acids is 1. The number of carbonyl (C=O) groups excluding carboxylic acids is 1. The second kappa shape index (κ2) is 8.12. The number of phenols is 1. The van der Waals surface area contributed by atoms with Crippen LogP contribution in [0.15, 0.2) is 54.6 Å². The fourth-order valence-electron chi connectivity index (χ4n) is 2.29. The molecule has 0 aliphatic heterocycles. The lowest BCUT2D eigenvalue weighted by Gasteiger charge is -2.16. The zero-order chi connectivity index (χ0) is 17.5. The number of aliphatic hydroxyl groups excluding tert-OH is 1. The molecule has 2 aromatic rings. The van der Waals surface area contributed by atoms with E-state index in [9.17, 15) is 24.9 Å². The molecule has 0 radical (unpaired) electrons. The second-order valence-electron chi connectivity index (χ2n) is 5.46. The quantitative estimate of drug-likeness (QED) is 0.618. The number of carboxylic acids is 1. The third-order valence-corrected chi connectivity index (χ3v) is 3.57. The van der Waals surface area contributed by atoms with Crippen LogP contribution in [-0.4, -0.2) is 33.2 Å². The normalized spacial score (nSPS) is 13.0. The van der Waals surface area contributed by atoms with Crippen LogP contribution in [0, 0.1) is 0 Å². The van der Waals surface area contributed by atoms with Gasteiger partial charge in [0.05, 0.1) is 12.5 Å². The van der Waals surface area contributed by atoms with E-state index < -0.39 is 24.0 Å². The van der Waals surface area contributed by atoms with E-state index in [1.165, 1.54) is 12.1 Å². The van der Waals surface area contributed by atoms with Crippen molar-refractivity contribution in [2.45, 2.75) is 25.0 Å². The third kappa shape index (κ3) is 5.10. The van der Waals surface area contributed by atoms with Crippen LogP contribution in [0.1, 0.15) is 23.7 Å². The summed E-state index contributed by atoms with van der Waals surface area (Å²) in [5.74, 6) is -1.62. The van der Waals surface area contributed by atoms with E-state index in [2.05, 4.69) is 5.32 Å². The molecular formula is C18H19NO5. The van der Waals surface area contributed by atoms with E-state index >= 15 is 0 Å². The lowest BCUT2D eigenvalue weighted by molar-refractivity contribution is -0.142. The molecule has 0 saturated carbocycles. The zero-order valence-corrected chi connectivity index (χ0v) is 12.9. The van der Waals surface area contributed by atoms with Gasteiger partial charge in [-0.05, 0) is 23.3 Å². The molecule has 0 fully saturated rings. The van der Waals surface area contributed by atoms with Gasteiger partial charge in [-0.15, -0.1) is 0 Å². The van der Waals surface area contributed by atoms with Crippen molar-refractivity contribution in [1.29, 1.82) is 0 Å². The van der Waals surface area contributed by atoms with Crippen molar-refractivity contribution in [2.75, 3.05) is 0 Å². The molecule has 24 heavy (non-hydrogen) atoms. The van der Waals surface area contributed by atoms with Crippen molar-refractivity contribution in [3.05, 3.63) is 65.7 Å². The molecule has 0 spiro atoms. The predicted octanol–water partition coefficient (Wildman–Crippen LogP) is 1.63. The maximum atomic E-state index is 12.0. The minimum absolute atomic E-state index is 0.0839. The number of nitrogens with one attached hydrogen (secondary N) is 1. The highest BCUT2D eigenvalue weighted by molar-refractivity contribution is 5.84. The summed E-state index contributed by atoms with van der Waals surface area (Å²) in [5, 5.41) is 30.9. The Hall–Kier alpha value is -2.86. The zero-order valence-electron chi connectivity index (χ0n) is 12.9. The van der Waals surface area contributed by atoms with Crippen molar-refractivity contribution in [2.24, 2.45) is 0 Å². The van der Waals surface area contributed by atoms with Crippen LogP contribution < -0.4 is 5.32 Å². The molecule has 1 amide bonds. The second-order valence-corrected chi connectivity index (χ2v) is 5.46. The molecule has 0 saturated heterocycles. The van der Waals surface area contributed by atoms with Crippen LogP contribution in [0.4, 0.5) is 0 Å². The summed E-state index contributed by atoms with van der Waals surface area (Å²) < 4.78 is 0. The van der Waals surface area contributed by atoms with Crippen LogP contribution >= 0.6 is 0 Å². The molecule has 2 atom stereocenters. The van der Waals surface area contributed by atoms with E-state index in [1.54, 1.807) is 42.5 Å². The summed E-state index contributed by atoms with van der Waals surface area (Å²) in [7, 11) is 0. The monoisotopic (exact) mass is 329 g/mol. The lowest BCUT2D eigenvalue weighted by atomic mass is 10.0. The minimum atomic E-state index is -1.16. The largest absolute Gasteiger partial charge is 0.508 e. The third-order valence-electron chi connectivity index (χ3n) is 3.57. The number of hydrogen-bond donors (Lipinski definition) is 4. The van der Waals surface area contributed by atoms with Crippen LogP contribution in [-0.2, 0) is 16.0 Å². The van der Waals surface area contributed by atoms with Crippen LogP contribution in [0.5, 0.6) is 5.75 Å². The van der Waals surface area contributed by atoms with Crippen molar-refractivity contribution in [3.8, 4) is 5.75 Å². The number of benzene rings is 2. The summed E-state index contributed by atoms with van der Waals surface area (Å²) in [6, 6.07) is 13.7. The minimum Gasteiger partial charge on any atom is -0.508 e. The Balaban J connectivity index is 1.95. The van der Waals surface area contributed by atoms with Crippen molar-refractivity contribution in [3.63, 3.8) is 0 Å². The Morgan fingerprint density at radius 3 is 2.21 bits per heavy atom. The Labute approximate surface area is 139 Å². The molecule has 6 heteroatoms. The topological polar surface area (TPSA) is 107 Å². The number of amides is 1. The number of phenolic OH excluding ortho intramolecular Hbond substituents is 1. The fourth-order valence-corrected chi connectivity index (χ4v) is 2.29. The van der Waals surface area contributed by atoms with E-state index in [1.807, 2.05) is 0 Å². The summed E-state index contributed by atoms with van der Waals surface area (Å²) >= 11 is 0. The molecule has 6 nitrogen and oxygen atoms in total. The molecule has 0 heterocycles. The Morgan fingerprint density at radius 1 is 1.00 bits per heavy atom.